The molecule has 0 radical (unpaired) electrons. The second-order valence-electron chi connectivity index (χ2n) is 7.96. The van der Waals surface area contributed by atoms with Gasteiger partial charge in [0.2, 0.25) is 0 Å². The van der Waals surface area contributed by atoms with Crippen molar-refractivity contribution in [2.24, 2.45) is 5.92 Å². The average molecular weight is 447 g/mol. The molecule has 0 aliphatic rings. The number of unbranched alkanes of at least 4 members (excludes halogenated alkanes) is 1. The molecule has 172 valence electrons. The maximum absolute atomic E-state index is 13.7. The molecule has 1 N–H and O–H groups in total. The predicted molar refractivity (Wildman–Crippen MR) is 116 cm³/mol. The maximum atomic E-state index is 13.7. The van der Waals surface area contributed by atoms with Crippen LogP contribution >= 0.6 is 0 Å². The summed E-state index contributed by atoms with van der Waals surface area (Å²) in [5.74, 6) is -0.269. The summed E-state index contributed by atoms with van der Waals surface area (Å²) in [6.07, 6.45) is 2.30. The highest BCUT2D eigenvalue weighted by molar-refractivity contribution is 5.71. The molecule has 32 heavy (non-hydrogen) atoms. The molecule has 2 aromatic heterocycles. The molecule has 0 saturated heterocycles. The molecule has 0 aliphatic carbocycles. The first kappa shape index (κ1) is 23.2. The van der Waals surface area contributed by atoms with E-state index in [0.717, 1.165) is 37.5 Å². The van der Waals surface area contributed by atoms with E-state index in [-0.39, 0.29) is 29.2 Å². The van der Waals surface area contributed by atoms with Gasteiger partial charge in [0.15, 0.2) is 16.9 Å². The van der Waals surface area contributed by atoms with Crippen molar-refractivity contribution < 1.29 is 14.1 Å². The van der Waals surface area contributed by atoms with E-state index in [1.54, 1.807) is 4.57 Å². The molecule has 0 spiro atoms. The van der Waals surface area contributed by atoms with Gasteiger partial charge in [-0.15, -0.1) is 0 Å². The topological polar surface area (TPSA) is 125 Å². The number of aryl methyl sites for hydroxylation is 2. The number of aromatic nitrogens is 4. The van der Waals surface area contributed by atoms with Crippen molar-refractivity contribution in [1.82, 2.24) is 19.1 Å². The van der Waals surface area contributed by atoms with Crippen LogP contribution in [0.3, 0.4) is 0 Å². The molecule has 0 fully saturated rings. The summed E-state index contributed by atoms with van der Waals surface area (Å²) in [5, 5.41) is 11.3. The number of hydrogen-bond acceptors (Lipinski definition) is 6. The summed E-state index contributed by atoms with van der Waals surface area (Å²) in [4.78, 5) is 42.5. The molecule has 0 aliphatic heterocycles. The average Bonchev–Trinajstić information content (AvgIpc) is 3.09. The minimum absolute atomic E-state index is 0.238. The second kappa shape index (κ2) is 9.75. The summed E-state index contributed by atoms with van der Waals surface area (Å²) in [6.45, 7) is 6.64. The highest BCUT2D eigenvalue weighted by atomic mass is 19.1. The first-order valence-electron chi connectivity index (χ1n) is 10.5. The number of nitro groups is 1. The van der Waals surface area contributed by atoms with Crippen LogP contribution in [0.2, 0.25) is 0 Å². The van der Waals surface area contributed by atoms with E-state index >= 15 is 0 Å². The van der Waals surface area contributed by atoms with E-state index in [2.05, 4.69) is 9.97 Å². The minimum Gasteiger partial charge on any atom is -0.479 e. The van der Waals surface area contributed by atoms with E-state index in [1.807, 2.05) is 20.8 Å². The summed E-state index contributed by atoms with van der Waals surface area (Å²) in [5.41, 5.74) is -0.999. The fourth-order valence-electron chi connectivity index (χ4n) is 3.38. The molecule has 0 unspecified atom stereocenters. The number of H-pyrrole nitrogens is 1. The lowest BCUT2D eigenvalue weighted by Crippen LogP contribution is -2.31. The van der Waals surface area contributed by atoms with Crippen LogP contribution < -0.4 is 16.0 Å². The monoisotopic (exact) mass is 447 g/mol. The van der Waals surface area contributed by atoms with Crippen molar-refractivity contribution in [3.63, 3.8) is 0 Å². The summed E-state index contributed by atoms with van der Waals surface area (Å²) < 4.78 is 22.3. The van der Waals surface area contributed by atoms with Gasteiger partial charge < -0.3 is 9.30 Å². The number of fused-ring (bicyclic) bond motifs is 1. The number of nitrogens with one attached hydrogen (secondary N) is 1. The van der Waals surface area contributed by atoms with Crippen LogP contribution in [0.25, 0.3) is 11.2 Å². The Morgan fingerprint density at radius 3 is 2.66 bits per heavy atom. The molecule has 0 bridgehead atoms. The lowest BCUT2D eigenvalue weighted by atomic mass is 10.1. The number of ether oxygens (including phenoxy) is 1. The Bertz CT molecular complexity index is 1240. The normalized spacial score (nSPS) is 11.4. The van der Waals surface area contributed by atoms with Gasteiger partial charge in [0, 0.05) is 25.2 Å². The molecule has 0 amide bonds. The van der Waals surface area contributed by atoms with Crippen LogP contribution in [0.1, 0.15) is 45.9 Å². The van der Waals surface area contributed by atoms with E-state index in [0.29, 0.717) is 24.8 Å². The number of nitro benzene ring substituents is 1. The molecular weight excluding hydrogens is 421 g/mol. The zero-order valence-corrected chi connectivity index (χ0v) is 18.3. The first-order valence-corrected chi connectivity index (χ1v) is 10.5. The number of nitrogens with zero attached hydrogens (tertiary/aromatic N) is 4. The highest BCUT2D eigenvalue weighted by Gasteiger charge is 2.21. The molecule has 10 nitrogen and oxygen atoms in total. The Morgan fingerprint density at radius 1 is 1.25 bits per heavy atom. The molecule has 0 atom stereocenters. The quantitative estimate of drug-likeness (QED) is 0.375. The van der Waals surface area contributed by atoms with Gasteiger partial charge in [-0.2, -0.15) is 0 Å². The fourth-order valence-corrected chi connectivity index (χ4v) is 3.38. The molecule has 0 saturated carbocycles. The van der Waals surface area contributed by atoms with Gasteiger partial charge in [-0.05, 0) is 24.8 Å². The minimum atomic E-state index is -0.677. The van der Waals surface area contributed by atoms with E-state index in [4.69, 9.17) is 4.74 Å². The maximum Gasteiger partial charge on any atom is 0.330 e. The van der Waals surface area contributed by atoms with Gasteiger partial charge in [0.25, 0.3) is 5.56 Å². The van der Waals surface area contributed by atoms with Crippen LogP contribution in [-0.2, 0) is 19.7 Å². The molecule has 11 heteroatoms. The SMILES string of the molecule is CCCCn1c(=O)[nH]c(=O)c2c1nc(COc1cc(F)ccc1[N+](=O)[O-])n2CCC(C)C. The van der Waals surface area contributed by atoms with Crippen LogP contribution in [0.5, 0.6) is 5.75 Å². The van der Waals surface area contributed by atoms with Gasteiger partial charge in [-0.3, -0.25) is 24.5 Å². The highest BCUT2D eigenvalue weighted by Crippen LogP contribution is 2.28. The fraction of sp³-hybridized carbons (Fsp3) is 0.476. The third kappa shape index (κ3) is 4.87. The van der Waals surface area contributed by atoms with E-state index < -0.39 is 22.0 Å². The number of imidazole rings is 1. The molecule has 1 aromatic carbocycles. The van der Waals surface area contributed by atoms with Crippen molar-refractivity contribution >= 4 is 16.9 Å². The van der Waals surface area contributed by atoms with Crippen LogP contribution in [-0.4, -0.2) is 24.0 Å². The first-order chi connectivity index (χ1) is 15.2. The summed E-state index contributed by atoms with van der Waals surface area (Å²) in [6, 6.07) is 2.94. The number of rotatable bonds is 10. The van der Waals surface area contributed by atoms with E-state index in [1.165, 1.54) is 4.57 Å². The zero-order chi connectivity index (χ0) is 23.4. The Labute approximate surface area is 182 Å². The van der Waals surface area contributed by atoms with Gasteiger partial charge >= 0.3 is 11.4 Å². The van der Waals surface area contributed by atoms with Gasteiger partial charge in [-0.1, -0.05) is 27.2 Å². The third-order valence-corrected chi connectivity index (χ3v) is 5.11. The summed E-state index contributed by atoms with van der Waals surface area (Å²) in [7, 11) is 0. The molecule has 2 heterocycles. The van der Waals surface area contributed by atoms with Crippen molar-refractivity contribution in [1.29, 1.82) is 0 Å². The standard InChI is InChI=1S/C21H26FN5O5/c1-4-5-9-26-19-18(20(28)24-21(26)29)25(10-8-13(2)3)17(23-19)12-32-16-11-14(22)6-7-15(16)27(30)31/h6-7,11,13H,4-5,8-10,12H2,1-3H3,(H,24,28,29). The number of halogens is 1. The Balaban J connectivity index is 2.09. The number of aromatic amines is 1. The van der Waals surface area contributed by atoms with E-state index in [9.17, 15) is 24.1 Å². The number of benzene rings is 1. The van der Waals surface area contributed by atoms with Crippen LogP contribution in [0.15, 0.2) is 27.8 Å². The lowest BCUT2D eigenvalue weighted by molar-refractivity contribution is -0.386. The van der Waals surface area contributed by atoms with Crippen molar-refractivity contribution in [2.45, 2.75) is 59.7 Å². The van der Waals surface area contributed by atoms with Crippen molar-refractivity contribution in [3.8, 4) is 5.75 Å². The predicted octanol–water partition coefficient (Wildman–Crippen LogP) is 3.36. The largest absolute Gasteiger partial charge is 0.479 e. The van der Waals surface area contributed by atoms with Gasteiger partial charge in [-0.25, -0.2) is 14.2 Å². The Morgan fingerprint density at radius 2 is 2.00 bits per heavy atom. The van der Waals surface area contributed by atoms with Gasteiger partial charge in [0.1, 0.15) is 18.2 Å². The smallest absolute Gasteiger partial charge is 0.330 e. The number of hydrogen-bond donors (Lipinski definition) is 1. The summed E-state index contributed by atoms with van der Waals surface area (Å²) >= 11 is 0. The van der Waals surface area contributed by atoms with Crippen LogP contribution in [0, 0.1) is 21.8 Å². The second-order valence-corrected chi connectivity index (χ2v) is 7.96. The van der Waals surface area contributed by atoms with Crippen molar-refractivity contribution in [2.75, 3.05) is 0 Å². The molecular formula is C21H26FN5O5. The van der Waals surface area contributed by atoms with Gasteiger partial charge in [0.05, 0.1) is 4.92 Å². The molecule has 3 aromatic rings. The lowest BCUT2D eigenvalue weighted by Gasteiger charge is -2.12. The third-order valence-electron chi connectivity index (χ3n) is 5.11. The van der Waals surface area contributed by atoms with Crippen LogP contribution in [0.4, 0.5) is 10.1 Å². The Kier molecular flexibility index (Phi) is 7.06. The Hall–Kier alpha value is -3.50. The molecule has 3 rings (SSSR count). The zero-order valence-electron chi connectivity index (χ0n) is 18.3. The van der Waals surface area contributed by atoms with Crippen molar-refractivity contribution in [3.05, 3.63) is 60.8 Å².